The first-order valence-electron chi connectivity index (χ1n) is 5.57. The molecule has 1 aromatic rings. The van der Waals surface area contributed by atoms with Crippen molar-refractivity contribution in [3.05, 3.63) is 30.3 Å². The number of amides is 1. The van der Waals surface area contributed by atoms with Gasteiger partial charge in [-0.3, -0.25) is 9.59 Å². The number of hydrogen-bond acceptors (Lipinski definition) is 3. The standard InChI is InChI=1S/C13H17NO3/c1-10(11(2)15)13(16)14-8-9-17-12-6-4-3-5-7-12/h3-7,10H,8-9H2,1-2H3,(H,14,16). The van der Waals surface area contributed by atoms with Gasteiger partial charge in [0.2, 0.25) is 5.91 Å². The lowest BCUT2D eigenvalue weighted by molar-refractivity contribution is -0.132. The Hall–Kier alpha value is -1.84. The monoisotopic (exact) mass is 235 g/mol. The molecular weight excluding hydrogens is 218 g/mol. The molecule has 0 fully saturated rings. The summed E-state index contributed by atoms with van der Waals surface area (Å²) in [7, 11) is 0. The summed E-state index contributed by atoms with van der Waals surface area (Å²) in [5.41, 5.74) is 0. The zero-order chi connectivity index (χ0) is 12.7. The molecule has 1 N–H and O–H groups in total. The Kier molecular flexibility index (Phi) is 5.20. The molecule has 0 bridgehead atoms. The molecule has 1 aromatic carbocycles. The first-order valence-corrected chi connectivity index (χ1v) is 5.57. The van der Waals surface area contributed by atoms with Crippen LogP contribution in [0.2, 0.25) is 0 Å². The summed E-state index contributed by atoms with van der Waals surface area (Å²) in [6, 6.07) is 9.36. The first-order chi connectivity index (χ1) is 8.11. The molecule has 1 rings (SSSR count). The first kappa shape index (κ1) is 13.2. The summed E-state index contributed by atoms with van der Waals surface area (Å²) in [6.45, 7) is 3.78. The molecule has 92 valence electrons. The lowest BCUT2D eigenvalue weighted by Gasteiger charge is -2.10. The molecule has 1 amide bonds. The number of carbonyl (C=O) groups excluding carboxylic acids is 2. The average molecular weight is 235 g/mol. The van der Waals surface area contributed by atoms with Crippen molar-refractivity contribution < 1.29 is 14.3 Å². The molecule has 1 atom stereocenters. The predicted octanol–water partition coefficient (Wildman–Crippen LogP) is 1.41. The Morgan fingerprint density at radius 2 is 1.94 bits per heavy atom. The van der Waals surface area contributed by atoms with Crippen LogP contribution in [-0.4, -0.2) is 24.8 Å². The summed E-state index contributed by atoms with van der Waals surface area (Å²) in [6.07, 6.45) is 0. The van der Waals surface area contributed by atoms with Crippen LogP contribution < -0.4 is 10.1 Å². The van der Waals surface area contributed by atoms with Crippen LogP contribution >= 0.6 is 0 Å². The van der Waals surface area contributed by atoms with E-state index in [1.165, 1.54) is 6.92 Å². The summed E-state index contributed by atoms with van der Waals surface area (Å²) in [5, 5.41) is 2.65. The molecule has 0 aromatic heterocycles. The van der Waals surface area contributed by atoms with E-state index in [2.05, 4.69) is 5.32 Å². The zero-order valence-electron chi connectivity index (χ0n) is 10.1. The second-order valence-electron chi connectivity index (χ2n) is 3.78. The Morgan fingerprint density at radius 1 is 1.29 bits per heavy atom. The highest BCUT2D eigenvalue weighted by Gasteiger charge is 2.16. The number of nitrogens with one attached hydrogen (secondary N) is 1. The third-order valence-electron chi connectivity index (χ3n) is 2.42. The van der Waals surface area contributed by atoms with E-state index in [4.69, 9.17) is 4.74 Å². The fraction of sp³-hybridized carbons (Fsp3) is 0.385. The van der Waals surface area contributed by atoms with Crippen LogP contribution in [0.4, 0.5) is 0 Å². The molecule has 0 heterocycles. The van der Waals surface area contributed by atoms with Gasteiger partial charge in [0.1, 0.15) is 18.1 Å². The molecule has 0 saturated heterocycles. The number of hydrogen-bond donors (Lipinski definition) is 1. The number of Topliss-reactive ketones (excluding diaryl/α,β-unsaturated/α-hetero) is 1. The van der Waals surface area contributed by atoms with Gasteiger partial charge in [-0.2, -0.15) is 0 Å². The number of carbonyl (C=O) groups is 2. The van der Waals surface area contributed by atoms with Crippen LogP contribution in [-0.2, 0) is 9.59 Å². The van der Waals surface area contributed by atoms with Crippen molar-refractivity contribution in [3.8, 4) is 5.75 Å². The molecule has 1 unspecified atom stereocenters. The maximum atomic E-state index is 11.4. The van der Waals surface area contributed by atoms with Crippen molar-refractivity contribution in [2.24, 2.45) is 5.92 Å². The Balaban J connectivity index is 2.21. The van der Waals surface area contributed by atoms with Crippen LogP contribution in [0.15, 0.2) is 30.3 Å². The number of benzene rings is 1. The van der Waals surface area contributed by atoms with Crippen LogP contribution in [0.5, 0.6) is 5.75 Å². The molecule has 0 spiro atoms. The highest BCUT2D eigenvalue weighted by atomic mass is 16.5. The normalized spacial score (nSPS) is 11.6. The third-order valence-corrected chi connectivity index (χ3v) is 2.42. The van der Waals surface area contributed by atoms with E-state index >= 15 is 0 Å². The Bertz CT molecular complexity index is 376. The molecule has 0 aliphatic heterocycles. The summed E-state index contributed by atoms with van der Waals surface area (Å²) < 4.78 is 5.40. The van der Waals surface area contributed by atoms with E-state index in [-0.39, 0.29) is 11.7 Å². The van der Waals surface area contributed by atoms with Gasteiger partial charge >= 0.3 is 0 Å². The van der Waals surface area contributed by atoms with E-state index in [1.807, 2.05) is 30.3 Å². The Labute approximate surface area is 101 Å². The third kappa shape index (κ3) is 4.68. The van der Waals surface area contributed by atoms with Gasteiger partial charge in [-0.05, 0) is 26.0 Å². The molecular formula is C13H17NO3. The number of rotatable bonds is 6. The van der Waals surface area contributed by atoms with Crippen LogP contribution in [0.25, 0.3) is 0 Å². The smallest absolute Gasteiger partial charge is 0.230 e. The summed E-state index contributed by atoms with van der Waals surface area (Å²) in [5.74, 6) is -0.214. The van der Waals surface area contributed by atoms with Gasteiger partial charge in [0, 0.05) is 0 Å². The van der Waals surface area contributed by atoms with E-state index in [0.29, 0.717) is 13.2 Å². The molecule has 17 heavy (non-hydrogen) atoms. The molecule has 0 saturated carbocycles. The van der Waals surface area contributed by atoms with Crippen LogP contribution in [0.1, 0.15) is 13.8 Å². The lowest BCUT2D eigenvalue weighted by Crippen LogP contribution is -2.35. The van der Waals surface area contributed by atoms with Gasteiger partial charge in [-0.1, -0.05) is 18.2 Å². The fourth-order valence-electron chi connectivity index (χ4n) is 1.20. The SMILES string of the molecule is CC(=O)C(C)C(=O)NCCOc1ccccc1. The quantitative estimate of drug-likeness (QED) is 0.599. The summed E-state index contributed by atoms with van der Waals surface area (Å²) >= 11 is 0. The molecule has 0 radical (unpaired) electrons. The van der Waals surface area contributed by atoms with Gasteiger partial charge in [0.05, 0.1) is 12.5 Å². The van der Waals surface area contributed by atoms with Gasteiger partial charge in [-0.15, -0.1) is 0 Å². The van der Waals surface area contributed by atoms with Crippen molar-refractivity contribution in [1.29, 1.82) is 0 Å². The van der Waals surface area contributed by atoms with Crippen molar-refractivity contribution in [3.63, 3.8) is 0 Å². The van der Waals surface area contributed by atoms with E-state index in [9.17, 15) is 9.59 Å². The van der Waals surface area contributed by atoms with Crippen molar-refractivity contribution in [1.82, 2.24) is 5.32 Å². The molecule has 0 aliphatic rings. The number of ketones is 1. The predicted molar refractivity (Wildman–Crippen MR) is 64.8 cm³/mol. The maximum Gasteiger partial charge on any atom is 0.230 e. The molecule has 4 nitrogen and oxygen atoms in total. The highest BCUT2D eigenvalue weighted by molar-refractivity contribution is 5.99. The number of ether oxygens (including phenoxy) is 1. The lowest BCUT2D eigenvalue weighted by atomic mass is 10.1. The van der Waals surface area contributed by atoms with Gasteiger partial charge in [-0.25, -0.2) is 0 Å². The molecule has 4 heteroatoms. The average Bonchev–Trinajstić information content (AvgIpc) is 2.34. The van der Waals surface area contributed by atoms with Crippen molar-refractivity contribution in [2.45, 2.75) is 13.8 Å². The van der Waals surface area contributed by atoms with Gasteiger partial charge in [0.25, 0.3) is 0 Å². The second-order valence-corrected chi connectivity index (χ2v) is 3.78. The topological polar surface area (TPSA) is 55.4 Å². The van der Waals surface area contributed by atoms with Gasteiger partial charge in [0.15, 0.2) is 0 Å². The minimum atomic E-state index is -0.591. The van der Waals surface area contributed by atoms with Crippen LogP contribution in [0.3, 0.4) is 0 Å². The van der Waals surface area contributed by atoms with Gasteiger partial charge < -0.3 is 10.1 Å². The summed E-state index contributed by atoms with van der Waals surface area (Å²) in [4.78, 5) is 22.4. The fourth-order valence-corrected chi connectivity index (χ4v) is 1.20. The van der Waals surface area contributed by atoms with Crippen LogP contribution in [0, 0.1) is 5.92 Å². The van der Waals surface area contributed by atoms with E-state index in [1.54, 1.807) is 6.92 Å². The minimum Gasteiger partial charge on any atom is -0.492 e. The number of para-hydroxylation sites is 1. The zero-order valence-corrected chi connectivity index (χ0v) is 10.1. The Morgan fingerprint density at radius 3 is 2.53 bits per heavy atom. The van der Waals surface area contributed by atoms with E-state index < -0.39 is 5.92 Å². The molecule has 0 aliphatic carbocycles. The van der Waals surface area contributed by atoms with E-state index in [0.717, 1.165) is 5.75 Å². The minimum absolute atomic E-state index is 0.133. The maximum absolute atomic E-state index is 11.4. The van der Waals surface area contributed by atoms with Crippen molar-refractivity contribution in [2.75, 3.05) is 13.2 Å². The highest BCUT2D eigenvalue weighted by Crippen LogP contribution is 2.07. The second kappa shape index (κ2) is 6.68. The van der Waals surface area contributed by atoms with Crippen molar-refractivity contribution >= 4 is 11.7 Å². The largest absolute Gasteiger partial charge is 0.492 e.